The minimum absolute atomic E-state index is 0. The predicted molar refractivity (Wildman–Crippen MR) is 123 cm³/mol. The number of aryl methyl sites for hydroxylation is 1. The summed E-state index contributed by atoms with van der Waals surface area (Å²) in [5.74, 6) is 1.69. The summed E-state index contributed by atoms with van der Waals surface area (Å²) < 4.78 is 2.24. The van der Waals surface area contributed by atoms with Crippen LogP contribution in [-0.4, -0.2) is 46.6 Å². The van der Waals surface area contributed by atoms with E-state index < -0.39 is 0 Å². The van der Waals surface area contributed by atoms with Crippen LogP contribution in [0.1, 0.15) is 37.4 Å². The molecule has 2 unspecified atom stereocenters. The van der Waals surface area contributed by atoms with E-state index >= 15 is 0 Å². The van der Waals surface area contributed by atoms with E-state index in [0.717, 1.165) is 38.6 Å². The van der Waals surface area contributed by atoms with Crippen LogP contribution in [0.15, 0.2) is 48.0 Å². The number of piperidine rings is 1. The zero-order valence-corrected chi connectivity index (χ0v) is 19.0. The molecule has 1 aliphatic heterocycles. The molecule has 2 aromatic rings. The molecule has 1 fully saturated rings. The average Bonchev–Trinajstić information content (AvgIpc) is 3.17. The number of hydrogen-bond donors (Lipinski definition) is 1. The Bertz CT molecular complexity index is 696. The van der Waals surface area contributed by atoms with Gasteiger partial charge in [-0.2, -0.15) is 0 Å². The van der Waals surface area contributed by atoms with Crippen LogP contribution < -0.4 is 5.32 Å². The second-order valence-electron chi connectivity index (χ2n) is 7.26. The van der Waals surface area contributed by atoms with Gasteiger partial charge in [-0.05, 0) is 38.2 Å². The van der Waals surface area contributed by atoms with Gasteiger partial charge in [0.25, 0.3) is 0 Å². The highest BCUT2D eigenvalue weighted by Crippen LogP contribution is 2.27. The number of rotatable bonds is 5. The molecular weight excluding hydrogens is 449 g/mol. The number of likely N-dealkylation sites (tertiary alicyclic amines) is 1. The van der Waals surface area contributed by atoms with Crippen molar-refractivity contribution in [2.75, 3.05) is 26.2 Å². The van der Waals surface area contributed by atoms with Gasteiger partial charge in [-0.15, -0.1) is 24.0 Å². The molecule has 1 aliphatic rings. The summed E-state index contributed by atoms with van der Waals surface area (Å²) in [6.45, 7) is 10.3. The molecule has 148 valence electrons. The summed E-state index contributed by atoms with van der Waals surface area (Å²) in [6, 6.07) is 9.20. The van der Waals surface area contributed by atoms with E-state index in [-0.39, 0.29) is 24.0 Å². The zero-order valence-electron chi connectivity index (χ0n) is 16.6. The van der Waals surface area contributed by atoms with Gasteiger partial charge in [0.15, 0.2) is 5.96 Å². The Morgan fingerprint density at radius 3 is 2.74 bits per heavy atom. The summed E-state index contributed by atoms with van der Waals surface area (Å²) in [5.41, 5.74) is 2.65. The first kappa shape index (κ1) is 21.7. The molecule has 1 saturated heterocycles. The molecule has 6 heteroatoms. The number of halogens is 1. The maximum absolute atomic E-state index is 4.90. The molecule has 3 rings (SSSR count). The fourth-order valence-corrected chi connectivity index (χ4v) is 3.57. The van der Waals surface area contributed by atoms with Gasteiger partial charge in [0.05, 0.1) is 12.4 Å². The molecule has 1 aromatic carbocycles. The molecule has 0 amide bonds. The summed E-state index contributed by atoms with van der Waals surface area (Å²) in [7, 11) is 0. The molecule has 5 nitrogen and oxygen atoms in total. The van der Waals surface area contributed by atoms with Crippen molar-refractivity contribution >= 4 is 29.9 Å². The minimum Gasteiger partial charge on any atom is -0.357 e. The van der Waals surface area contributed by atoms with E-state index in [4.69, 9.17) is 4.99 Å². The highest BCUT2D eigenvalue weighted by molar-refractivity contribution is 14.0. The lowest BCUT2D eigenvalue weighted by atomic mass is 9.93. The van der Waals surface area contributed by atoms with E-state index in [2.05, 4.69) is 71.0 Å². The number of benzene rings is 1. The molecule has 1 aromatic heterocycles. The fraction of sp³-hybridized carbons (Fsp3) is 0.524. The van der Waals surface area contributed by atoms with Crippen LogP contribution in [-0.2, 0) is 6.42 Å². The molecule has 0 aliphatic carbocycles. The first-order chi connectivity index (χ1) is 12.7. The third kappa shape index (κ3) is 5.96. The van der Waals surface area contributed by atoms with E-state index in [9.17, 15) is 0 Å². The van der Waals surface area contributed by atoms with E-state index in [1.807, 2.05) is 12.5 Å². The molecule has 0 radical (unpaired) electrons. The summed E-state index contributed by atoms with van der Waals surface area (Å²) >= 11 is 0. The van der Waals surface area contributed by atoms with E-state index in [0.29, 0.717) is 12.0 Å². The summed E-state index contributed by atoms with van der Waals surface area (Å²) in [4.78, 5) is 11.5. The van der Waals surface area contributed by atoms with E-state index in [1.165, 1.54) is 17.5 Å². The first-order valence-corrected chi connectivity index (χ1v) is 9.73. The van der Waals surface area contributed by atoms with Gasteiger partial charge in [0, 0.05) is 38.6 Å². The Kier molecular flexibility index (Phi) is 8.60. The maximum Gasteiger partial charge on any atom is 0.193 e. The number of aliphatic imine (C=N–C) groups is 1. The van der Waals surface area contributed by atoms with Crippen molar-refractivity contribution in [3.63, 3.8) is 0 Å². The molecule has 2 heterocycles. The SMILES string of the molecule is CCNC(=NCCc1ccc(C)cc1)N1CCC(C)C(n2ccnc2)C1.I. The number of hydrogen-bond acceptors (Lipinski definition) is 2. The third-order valence-corrected chi connectivity index (χ3v) is 5.24. The van der Waals surface area contributed by atoms with Gasteiger partial charge in [-0.25, -0.2) is 4.98 Å². The highest BCUT2D eigenvalue weighted by Gasteiger charge is 2.28. The van der Waals surface area contributed by atoms with E-state index in [1.54, 1.807) is 0 Å². The van der Waals surface area contributed by atoms with Crippen LogP contribution in [0.3, 0.4) is 0 Å². The van der Waals surface area contributed by atoms with Gasteiger partial charge in [0.2, 0.25) is 0 Å². The van der Waals surface area contributed by atoms with Crippen molar-refractivity contribution in [3.8, 4) is 0 Å². The summed E-state index contributed by atoms with van der Waals surface area (Å²) in [6.07, 6.45) is 8.03. The van der Waals surface area contributed by atoms with Crippen LogP contribution in [0.5, 0.6) is 0 Å². The Morgan fingerprint density at radius 2 is 2.07 bits per heavy atom. The number of guanidine groups is 1. The molecule has 1 N–H and O–H groups in total. The molecule has 0 bridgehead atoms. The zero-order chi connectivity index (χ0) is 18.4. The van der Waals surface area contributed by atoms with Crippen molar-refractivity contribution in [1.82, 2.24) is 19.8 Å². The van der Waals surface area contributed by atoms with Crippen molar-refractivity contribution in [2.24, 2.45) is 10.9 Å². The van der Waals surface area contributed by atoms with Crippen molar-refractivity contribution in [2.45, 2.75) is 39.7 Å². The van der Waals surface area contributed by atoms with Gasteiger partial charge < -0.3 is 14.8 Å². The quantitative estimate of drug-likeness (QED) is 0.401. The lowest BCUT2D eigenvalue weighted by molar-refractivity contribution is 0.189. The van der Waals surface area contributed by atoms with Crippen molar-refractivity contribution in [3.05, 3.63) is 54.1 Å². The third-order valence-electron chi connectivity index (χ3n) is 5.24. The van der Waals surface area contributed by atoms with Crippen LogP contribution in [0, 0.1) is 12.8 Å². The maximum atomic E-state index is 4.90. The fourth-order valence-electron chi connectivity index (χ4n) is 3.57. The van der Waals surface area contributed by atoms with Gasteiger partial charge in [-0.1, -0.05) is 36.8 Å². The lowest BCUT2D eigenvalue weighted by Gasteiger charge is -2.39. The van der Waals surface area contributed by atoms with Gasteiger partial charge >= 0.3 is 0 Å². The lowest BCUT2D eigenvalue weighted by Crippen LogP contribution is -2.49. The highest BCUT2D eigenvalue weighted by atomic mass is 127. The van der Waals surface area contributed by atoms with Crippen LogP contribution >= 0.6 is 24.0 Å². The Labute approximate surface area is 180 Å². The Morgan fingerprint density at radius 1 is 1.30 bits per heavy atom. The topological polar surface area (TPSA) is 45.5 Å². The Balaban J connectivity index is 0.00000261. The normalized spacial score (nSPS) is 20.3. The largest absolute Gasteiger partial charge is 0.357 e. The van der Waals surface area contributed by atoms with Crippen LogP contribution in [0.4, 0.5) is 0 Å². The molecule has 2 atom stereocenters. The molecule has 0 saturated carbocycles. The minimum atomic E-state index is 0. The molecule has 0 spiro atoms. The number of imidazole rings is 1. The van der Waals surface area contributed by atoms with Gasteiger partial charge in [-0.3, -0.25) is 4.99 Å². The van der Waals surface area contributed by atoms with Crippen molar-refractivity contribution in [1.29, 1.82) is 0 Å². The Hall–Kier alpha value is -1.57. The number of aromatic nitrogens is 2. The second-order valence-corrected chi connectivity index (χ2v) is 7.26. The monoisotopic (exact) mass is 481 g/mol. The van der Waals surface area contributed by atoms with Crippen LogP contribution in [0.2, 0.25) is 0 Å². The van der Waals surface area contributed by atoms with Crippen molar-refractivity contribution < 1.29 is 0 Å². The van der Waals surface area contributed by atoms with Gasteiger partial charge in [0.1, 0.15) is 0 Å². The smallest absolute Gasteiger partial charge is 0.193 e. The predicted octanol–water partition coefficient (Wildman–Crippen LogP) is 3.90. The first-order valence-electron chi connectivity index (χ1n) is 9.73. The standard InChI is InChI=1S/C21H31N5.HI/c1-4-23-21(24-11-9-19-7-5-17(2)6-8-19)25-13-10-18(3)20(15-25)26-14-12-22-16-26;/h5-8,12,14,16,18,20H,4,9-11,13,15H2,1-3H3,(H,23,24);1H. The average molecular weight is 481 g/mol. The van der Waals surface area contributed by atoms with Crippen LogP contribution in [0.25, 0.3) is 0 Å². The second kappa shape index (κ2) is 10.7. The summed E-state index contributed by atoms with van der Waals surface area (Å²) in [5, 5.41) is 3.48. The molecular formula is C21H32IN5. The number of nitrogens with one attached hydrogen (secondary N) is 1. The molecule has 27 heavy (non-hydrogen) atoms. The number of nitrogens with zero attached hydrogens (tertiary/aromatic N) is 4.